The molecule has 1 saturated carbocycles. The minimum Gasteiger partial charge on any atom is -0.481 e. The van der Waals surface area contributed by atoms with Crippen molar-refractivity contribution in [3.8, 4) is 0 Å². The van der Waals surface area contributed by atoms with Crippen LogP contribution in [0, 0.1) is 5.41 Å². The largest absolute Gasteiger partial charge is 0.481 e. The molecule has 0 unspecified atom stereocenters. The summed E-state index contributed by atoms with van der Waals surface area (Å²) in [6, 6.07) is 5.67. The Morgan fingerprint density at radius 2 is 2.10 bits per heavy atom. The molecule has 0 aliphatic heterocycles. The van der Waals surface area contributed by atoms with E-state index in [2.05, 4.69) is 20.9 Å². The molecule has 1 N–H and O–H groups in total. The van der Waals surface area contributed by atoms with Gasteiger partial charge in [0.2, 0.25) is 0 Å². The second-order valence-electron chi connectivity index (χ2n) is 5.52. The molecule has 20 heavy (non-hydrogen) atoms. The molecule has 1 aliphatic carbocycles. The van der Waals surface area contributed by atoms with Crippen LogP contribution in [-0.4, -0.2) is 16.1 Å². The summed E-state index contributed by atoms with van der Waals surface area (Å²) in [6.07, 6.45) is 4.86. The molecule has 1 aromatic heterocycles. The maximum atomic E-state index is 11.7. The number of para-hydroxylation sites is 1. The van der Waals surface area contributed by atoms with Crippen molar-refractivity contribution in [2.24, 2.45) is 5.41 Å². The first-order valence-corrected chi connectivity index (χ1v) is 7.67. The number of fused-ring (bicyclic) bond motifs is 1. The minimum atomic E-state index is -0.724. The van der Waals surface area contributed by atoms with Crippen molar-refractivity contribution in [1.82, 2.24) is 4.98 Å². The first kappa shape index (κ1) is 13.6. The number of nitrogens with zero attached hydrogens (tertiary/aromatic N) is 1. The normalized spacial score (nSPS) is 18.2. The van der Waals surface area contributed by atoms with E-state index in [1.54, 1.807) is 0 Å². The summed E-state index contributed by atoms with van der Waals surface area (Å²) < 4.78 is 6.60. The van der Waals surface area contributed by atoms with Gasteiger partial charge in [0.1, 0.15) is 5.52 Å². The molecule has 0 saturated heterocycles. The molecule has 3 rings (SSSR count). The second-order valence-corrected chi connectivity index (χ2v) is 6.37. The second kappa shape index (κ2) is 5.20. The van der Waals surface area contributed by atoms with Crippen LogP contribution in [-0.2, 0) is 11.2 Å². The summed E-state index contributed by atoms with van der Waals surface area (Å²) in [5.41, 5.74) is 0.760. The van der Waals surface area contributed by atoms with Crippen LogP contribution >= 0.6 is 15.9 Å². The monoisotopic (exact) mass is 337 g/mol. The Morgan fingerprint density at radius 1 is 1.35 bits per heavy atom. The van der Waals surface area contributed by atoms with Gasteiger partial charge in [0.05, 0.1) is 9.89 Å². The van der Waals surface area contributed by atoms with Gasteiger partial charge >= 0.3 is 5.97 Å². The van der Waals surface area contributed by atoms with E-state index in [0.717, 1.165) is 29.3 Å². The zero-order valence-electron chi connectivity index (χ0n) is 11.1. The molecule has 2 aromatic rings. The van der Waals surface area contributed by atoms with Gasteiger partial charge in [0.25, 0.3) is 0 Å². The molecule has 5 heteroatoms. The lowest BCUT2D eigenvalue weighted by Gasteiger charge is -2.31. The van der Waals surface area contributed by atoms with Crippen LogP contribution in [0.4, 0.5) is 0 Å². The summed E-state index contributed by atoms with van der Waals surface area (Å²) in [5.74, 6) is -0.199. The van der Waals surface area contributed by atoms with Crippen LogP contribution in [0.15, 0.2) is 27.1 Å². The van der Waals surface area contributed by atoms with Gasteiger partial charge in [-0.1, -0.05) is 25.3 Å². The van der Waals surface area contributed by atoms with Crippen molar-refractivity contribution in [2.45, 2.75) is 38.5 Å². The number of benzene rings is 1. The van der Waals surface area contributed by atoms with Crippen molar-refractivity contribution >= 4 is 33.0 Å². The lowest BCUT2D eigenvalue weighted by molar-refractivity contribution is -0.151. The Balaban J connectivity index is 1.94. The van der Waals surface area contributed by atoms with Gasteiger partial charge in [0, 0.05) is 6.42 Å². The third kappa shape index (κ3) is 2.35. The summed E-state index contributed by atoms with van der Waals surface area (Å²) in [4.78, 5) is 16.1. The average molecular weight is 338 g/mol. The van der Waals surface area contributed by atoms with Crippen LogP contribution in [0.1, 0.15) is 38.0 Å². The zero-order chi connectivity index (χ0) is 14.2. The fourth-order valence-corrected chi connectivity index (χ4v) is 3.46. The molecular weight excluding hydrogens is 322 g/mol. The van der Waals surface area contributed by atoms with E-state index in [1.807, 2.05) is 18.2 Å². The lowest BCUT2D eigenvalue weighted by atomic mass is 9.72. The highest BCUT2D eigenvalue weighted by molar-refractivity contribution is 9.10. The molecule has 0 spiro atoms. The highest BCUT2D eigenvalue weighted by atomic mass is 79.9. The Bertz CT molecular complexity index is 644. The van der Waals surface area contributed by atoms with E-state index in [1.165, 1.54) is 0 Å². The number of aromatic nitrogens is 1. The van der Waals surface area contributed by atoms with Gasteiger partial charge in [-0.3, -0.25) is 4.79 Å². The van der Waals surface area contributed by atoms with E-state index in [4.69, 9.17) is 4.42 Å². The fraction of sp³-hybridized carbons (Fsp3) is 0.467. The molecule has 0 radical (unpaired) electrons. The van der Waals surface area contributed by atoms with E-state index >= 15 is 0 Å². The Morgan fingerprint density at radius 3 is 2.75 bits per heavy atom. The van der Waals surface area contributed by atoms with Crippen molar-refractivity contribution in [3.63, 3.8) is 0 Å². The number of hydrogen-bond acceptors (Lipinski definition) is 3. The lowest BCUT2D eigenvalue weighted by Crippen LogP contribution is -2.35. The van der Waals surface area contributed by atoms with Crippen molar-refractivity contribution in [2.75, 3.05) is 0 Å². The molecule has 1 heterocycles. The molecule has 4 nitrogen and oxygen atoms in total. The first-order chi connectivity index (χ1) is 9.61. The topological polar surface area (TPSA) is 63.3 Å². The smallest absolute Gasteiger partial charge is 0.310 e. The maximum Gasteiger partial charge on any atom is 0.310 e. The molecule has 1 aromatic carbocycles. The Hall–Kier alpha value is -1.36. The number of rotatable bonds is 3. The zero-order valence-corrected chi connectivity index (χ0v) is 12.6. The number of carbonyl (C=O) groups is 1. The van der Waals surface area contributed by atoms with Crippen molar-refractivity contribution < 1.29 is 14.3 Å². The number of hydrogen-bond donors (Lipinski definition) is 1. The first-order valence-electron chi connectivity index (χ1n) is 6.88. The van der Waals surface area contributed by atoms with Gasteiger partial charge < -0.3 is 9.52 Å². The van der Waals surface area contributed by atoms with E-state index in [-0.39, 0.29) is 0 Å². The van der Waals surface area contributed by atoms with Gasteiger partial charge in [-0.05, 0) is 40.9 Å². The number of carboxylic acid groups (broad SMARTS) is 1. The van der Waals surface area contributed by atoms with E-state index in [0.29, 0.717) is 30.7 Å². The van der Waals surface area contributed by atoms with Crippen LogP contribution in [0.3, 0.4) is 0 Å². The van der Waals surface area contributed by atoms with Crippen LogP contribution in [0.2, 0.25) is 0 Å². The predicted octanol–water partition coefficient (Wildman–Crippen LogP) is 4.17. The molecule has 0 amide bonds. The third-order valence-corrected chi connectivity index (χ3v) is 4.79. The molecule has 0 bridgehead atoms. The molecular formula is C15H16BrNO3. The van der Waals surface area contributed by atoms with Crippen molar-refractivity contribution in [1.29, 1.82) is 0 Å². The maximum absolute atomic E-state index is 11.7. The van der Waals surface area contributed by atoms with E-state index < -0.39 is 11.4 Å². The molecule has 0 atom stereocenters. The third-order valence-electron chi connectivity index (χ3n) is 4.17. The quantitative estimate of drug-likeness (QED) is 0.912. The van der Waals surface area contributed by atoms with Gasteiger partial charge in [0.15, 0.2) is 11.5 Å². The Kier molecular flexibility index (Phi) is 3.54. The summed E-state index contributed by atoms with van der Waals surface area (Å²) in [6.45, 7) is 0. The minimum absolute atomic E-state index is 0.378. The standard InChI is InChI=1S/C15H16BrNO3/c16-10-5-4-6-11-13(10)20-12(17-11)9-15(14(18)19)7-2-1-3-8-15/h4-6H,1-3,7-9H2,(H,18,19). The SMILES string of the molecule is O=C(O)C1(Cc2nc3cccc(Br)c3o2)CCCCC1. The number of carboxylic acids is 1. The van der Waals surface area contributed by atoms with Gasteiger partial charge in [-0.2, -0.15) is 0 Å². The van der Waals surface area contributed by atoms with Crippen molar-refractivity contribution in [3.05, 3.63) is 28.6 Å². The number of oxazole rings is 1. The fourth-order valence-electron chi connectivity index (χ4n) is 3.02. The van der Waals surface area contributed by atoms with Crippen LogP contribution in [0.25, 0.3) is 11.1 Å². The number of aliphatic carboxylic acids is 1. The van der Waals surface area contributed by atoms with E-state index in [9.17, 15) is 9.90 Å². The number of halogens is 1. The predicted molar refractivity (Wildman–Crippen MR) is 78.6 cm³/mol. The Labute approximate surface area is 125 Å². The van der Waals surface area contributed by atoms with Gasteiger partial charge in [-0.15, -0.1) is 0 Å². The highest BCUT2D eigenvalue weighted by Gasteiger charge is 2.41. The highest BCUT2D eigenvalue weighted by Crippen LogP contribution is 2.40. The van der Waals surface area contributed by atoms with Gasteiger partial charge in [-0.25, -0.2) is 4.98 Å². The van der Waals surface area contributed by atoms with Crippen LogP contribution in [0.5, 0.6) is 0 Å². The summed E-state index contributed by atoms with van der Waals surface area (Å²) in [7, 11) is 0. The average Bonchev–Trinajstić information content (AvgIpc) is 2.83. The summed E-state index contributed by atoms with van der Waals surface area (Å²) in [5, 5.41) is 9.60. The van der Waals surface area contributed by atoms with Crippen LogP contribution < -0.4 is 0 Å². The molecule has 1 fully saturated rings. The molecule has 106 valence electrons. The molecule has 1 aliphatic rings. The summed E-state index contributed by atoms with van der Waals surface area (Å²) >= 11 is 3.43.